The van der Waals surface area contributed by atoms with E-state index in [2.05, 4.69) is 0 Å². The lowest BCUT2D eigenvalue weighted by atomic mass is 9.99. The molecule has 0 spiro atoms. The normalized spacial score (nSPS) is 35.2. The Balaban J connectivity index is 2.17. The predicted octanol–water partition coefficient (Wildman–Crippen LogP) is -0.360. The van der Waals surface area contributed by atoms with Crippen LogP contribution in [0.15, 0.2) is 0 Å². The Morgan fingerprint density at radius 3 is 2.73 bits per heavy atom. The summed E-state index contributed by atoms with van der Waals surface area (Å²) in [5.41, 5.74) is 5.69. The summed E-state index contributed by atoms with van der Waals surface area (Å²) in [6, 6.07) is -0.647. The maximum Gasteiger partial charge on any atom is 0.328 e. The molecule has 5 nitrogen and oxygen atoms in total. The quantitative estimate of drug-likeness (QED) is 0.602. The third-order valence-corrected chi connectivity index (χ3v) is 3.36. The predicted molar refractivity (Wildman–Crippen MR) is 52.9 cm³/mol. The summed E-state index contributed by atoms with van der Waals surface area (Å²) in [6.07, 6.45) is 3.22. The molecule has 0 aromatic rings. The van der Waals surface area contributed by atoms with Crippen LogP contribution >= 0.6 is 0 Å². The molecule has 1 amide bonds. The van der Waals surface area contributed by atoms with E-state index in [0.29, 0.717) is 6.42 Å². The number of nitrogens with zero attached hydrogens (tertiary/aromatic N) is 1. The number of carbonyl (C=O) groups excluding carboxylic acids is 2. The average Bonchev–Trinajstić information content (AvgIpc) is 2.67. The van der Waals surface area contributed by atoms with E-state index in [4.69, 9.17) is 10.5 Å². The molecule has 2 fully saturated rings. The summed E-state index contributed by atoms with van der Waals surface area (Å²) < 4.78 is 4.69. The van der Waals surface area contributed by atoms with Crippen LogP contribution in [0.4, 0.5) is 0 Å². The molecule has 84 valence electrons. The van der Waals surface area contributed by atoms with E-state index in [0.717, 1.165) is 19.3 Å². The van der Waals surface area contributed by atoms with Crippen LogP contribution in [0.2, 0.25) is 0 Å². The molecule has 2 heterocycles. The zero-order valence-electron chi connectivity index (χ0n) is 8.81. The van der Waals surface area contributed by atoms with Crippen molar-refractivity contribution in [2.45, 2.75) is 43.8 Å². The Labute approximate surface area is 88.5 Å². The molecule has 5 heteroatoms. The van der Waals surface area contributed by atoms with E-state index >= 15 is 0 Å². The second kappa shape index (κ2) is 3.81. The Kier molecular flexibility index (Phi) is 2.65. The van der Waals surface area contributed by atoms with Gasteiger partial charge in [-0.05, 0) is 25.7 Å². The fourth-order valence-corrected chi connectivity index (χ4v) is 2.55. The van der Waals surface area contributed by atoms with Crippen LogP contribution < -0.4 is 5.73 Å². The molecule has 2 aliphatic rings. The van der Waals surface area contributed by atoms with Gasteiger partial charge < -0.3 is 15.4 Å². The zero-order chi connectivity index (χ0) is 11.0. The van der Waals surface area contributed by atoms with E-state index in [-0.39, 0.29) is 17.9 Å². The van der Waals surface area contributed by atoms with Crippen LogP contribution in [0.3, 0.4) is 0 Å². The van der Waals surface area contributed by atoms with E-state index in [1.807, 2.05) is 0 Å². The summed E-state index contributed by atoms with van der Waals surface area (Å²) in [5, 5.41) is 0. The molecule has 3 atom stereocenters. The van der Waals surface area contributed by atoms with Crippen molar-refractivity contribution >= 4 is 11.9 Å². The van der Waals surface area contributed by atoms with Gasteiger partial charge in [0.15, 0.2) is 0 Å². The minimum absolute atomic E-state index is 0.0980. The van der Waals surface area contributed by atoms with Gasteiger partial charge in [-0.25, -0.2) is 4.79 Å². The molecule has 0 unspecified atom stereocenters. The average molecular weight is 212 g/mol. The maximum atomic E-state index is 11.8. The first-order valence-corrected chi connectivity index (χ1v) is 5.30. The monoisotopic (exact) mass is 212 g/mol. The van der Waals surface area contributed by atoms with Crippen molar-refractivity contribution in [3.05, 3.63) is 0 Å². The SMILES string of the molecule is COC(=O)[C@H]1CC[C@H]2CC[C@@H](N)C(=O)N21. The number of amides is 1. The summed E-state index contributed by atoms with van der Waals surface area (Å²) in [6.45, 7) is 0. The van der Waals surface area contributed by atoms with Crippen molar-refractivity contribution in [1.82, 2.24) is 4.90 Å². The van der Waals surface area contributed by atoms with Crippen molar-refractivity contribution < 1.29 is 14.3 Å². The summed E-state index contributed by atoms with van der Waals surface area (Å²) in [7, 11) is 1.35. The van der Waals surface area contributed by atoms with Crippen molar-refractivity contribution in [3.63, 3.8) is 0 Å². The number of hydrogen-bond donors (Lipinski definition) is 1. The zero-order valence-corrected chi connectivity index (χ0v) is 8.81. The van der Waals surface area contributed by atoms with Crippen molar-refractivity contribution in [2.75, 3.05) is 7.11 Å². The number of ether oxygens (including phenoxy) is 1. The van der Waals surface area contributed by atoms with Crippen LogP contribution in [0.5, 0.6) is 0 Å². The lowest BCUT2D eigenvalue weighted by Crippen LogP contribution is -2.55. The van der Waals surface area contributed by atoms with Gasteiger partial charge in [0.25, 0.3) is 0 Å². The lowest BCUT2D eigenvalue weighted by molar-refractivity contribution is -0.154. The van der Waals surface area contributed by atoms with Crippen LogP contribution in [0.1, 0.15) is 25.7 Å². The van der Waals surface area contributed by atoms with Gasteiger partial charge in [-0.3, -0.25) is 4.79 Å². The number of nitrogens with two attached hydrogens (primary N) is 1. The first-order chi connectivity index (χ1) is 7.15. The van der Waals surface area contributed by atoms with E-state index in [9.17, 15) is 9.59 Å². The lowest BCUT2D eigenvalue weighted by Gasteiger charge is -2.35. The fourth-order valence-electron chi connectivity index (χ4n) is 2.55. The minimum atomic E-state index is -0.438. The van der Waals surface area contributed by atoms with E-state index in [1.165, 1.54) is 7.11 Å². The largest absolute Gasteiger partial charge is 0.467 e. The highest BCUT2D eigenvalue weighted by molar-refractivity contribution is 5.89. The Morgan fingerprint density at radius 1 is 1.40 bits per heavy atom. The van der Waals surface area contributed by atoms with Crippen molar-refractivity contribution in [1.29, 1.82) is 0 Å². The Morgan fingerprint density at radius 2 is 2.07 bits per heavy atom. The molecule has 0 aromatic carbocycles. The number of methoxy groups -OCH3 is 1. The second-order valence-corrected chi connectivity index (χ2v) is 4.20. The molecule has 0 radical (unpaired) electrons. The highest BCUT2D eigenvalue weighted by Gasteiger charge is 2.45. The van der Waals surface area contributed by atoms with Crippen LogP contribution in [0, 0.1) is 0 Å². The number of hydrogen-bond acceptors (Lipinski definition) is 4. The molecule has 15 heavy (non-hydrogen) atoms. The number of carbonyl (C=O) groups is 2. The van der Waals surface area contributed by atoms with Gasteiger partial charge >= 0.3 is 5.97 Å². The van der Waals surface area contributed by atoms with E-state index < -0.39 is 12.1 Å². The van der Waals surface area contributed by atoms with Gasteiger partial charge in [-0.1, -0.05) is 0 Å². The molecule has 0 aromatic heterocycles. The van der Waals surface area contributed by atoms with E-state index in [1.54, 1.807) is 4.90 Å². The molecule has 0 bridgehead atoms. The molecule has 0 aliphatic carbocycles. The summed E-state index contributed by atoms with van der Waals surface area (Å²) in [5.74, 6) is -0.417. The molecular weight excluding hydrogens is 196 g/mol. The first-order valence-electron chi connectivity index (χ1n) is 5.30. The second-order valence-electron chi connectivity index (χ2n) is 4.20. The van der Waals surface area contributed by atoms with Crippen molar-refractivity contribution in [3.8, 4) is 0 Å². The standard InChI is InChI=1S/C10H16N2O3/c1-15-10(14)8-5-3-6-2-4-7(11)9(13)12(6)8/h6-8H,2-5,11H2,1H3/t6-,7-,8-/m1/s1. The van der Waals surface area contributed by atoms with Gasteiger partial charge in [0.2, 0.25) is 5.91 Å². The van der Waals surface area contributed by atoms with Gasteiger partial charge in [-0.15, -0.1) is 0 Å². The Hall–Kier alpha value is -1.10. The number of fused-ring (bicyclic) bond motifs is 1. The number of esters is 1. The van der Waals surface area contributed by atoms with Gasteiger partial charge in [0.1, 0.15) is 6.04 Å². The van der Waals surface area contributed by atoms with Crippen LogP contribution in [-0.4, -0.2) is 42.0 Å². The first kappa shape index (κ1) is 10.4. The maximum absolute atomic E-state index is 11.8. The number of piperidine rings is 1. The van der Waals surface area contributed by atoms with Gasteiger partial charge in [0.05, 0.1) is 13.2 Å². The third kappa shape index (κ3) is 1.61. The highest BCUT2D eigenvalue weighted by atomic mass is 16.5. The molecule has 2 N–H and O–H groups in total. The van der Waals surface area contributed by atoms with Crippen LogP contribution in [-0.2, 0) is 14.3 Å². The van der Waals surface area contributed by atoms with Gasteiger partial charge in [-0.2, -0.15) is 0 Å². The number of rotatable bonds is 1. The minimum Gasteiger partial charge on any atom is -0.467 e. The van der Waals surface area contributed by atoms with Crippen LogP contribution in [0.25, 0.3) is 0 Å². The summed E-state index contributed by atoms with van der Waals surface area (Å²) >= 11 is 0. The molecule has 2 aliphatic heterocycles. The van der Waals surface area contributed by atoms with Crippen molar-refractivity contribution in [2.24, 2.45) is 5.73 Å². The topological polar surface area (TPSA) is 72.6 Å². The molecular formula is C10H16N2O3. The molecule has 2 rings (SSSR count). The molecule has 2 saturated heterocycles. The molecule has 0 saturated carbocycles. The summed E-state index contributed by atoms with van der Waals surface area (Å²) in [4.78, 5) is 24.9. The third-order valence-electron chi connectivity index (χ3n) is 3.36. The Bertz CT molecular complexity index is 292. The van der Waals surface area contributed by atoms with Gasteiger partial charge in [0, 0.05) is 6.04 Å². The fraction of sp³-hybridized carbons (Fsp3) is 0.800. The highest BCUT2D eigenvalue weighted by Crippen LogP contribution is 2.32. The smallest absolute Gasteiger partial charge is 0.328 e.